The molecule has 1 aromatic rings. The maximum atomic E-state index is 11.4. The molecule has 0 N–H and O–H groups in total. The molecule has 0 bridgehead atoms. The molecule has 0 unspecified atom stereocenters. The van der Waals surface area contributed by atoms with Crippen molar-refractivity contribution >= 4 is 21.9 Å². The van der Waals surface area contributed by atoms with E-state index in [1.165, 1.54) is 0 Å². The van der Waals surface area contributed by atoms with Gasteiger partial charge in [0.2, 0.25) is 0 Å². The Morgan fingerprint density at radius 3 is 2.86 bits per heavy atom. The van der Waals surface area contributed by atoms with Gasteiger partial charge in [0.1, 0.15) is 6.61 Å². The van der Waals surface area contributed by atoms with Gasteiger partial charge < -0.3 is 9.47 Å². The second-order valence-electron chi connectivity index (χ2n) is 2.64. The molecule has 0 fully saturated rings. The number of rotatable bonds is 4. The van der Waals surface area contributed by atoms with E-state index < -0.39 is 0 Å². The van der Waals surface area contributed by atoms with Gasteiger partial charge in [-0.2, -0.15) is 0 Å². The molecule has 0 saturated heterocycles. The summed E-state index contributed by atoms with van der Waals surface area (Å²) in [5, 5.41) is 0. The van der Waals surface area contributed by atoms with Crippen LogP contribution in [-0.4, -0.2) is 26.3 Å². The minimum absolute atomic E-state index is 0.280. The van der Waals surface area contributed by atoms with Gasteiger partial charge in [-0.25, -0.2) is 4.79 Å². The zero-order valence-electron chi connectivity index (χ0n) is 7.83. The van der Waals surface area contributed by atoms with E-state index in [0.717, 1.165) is 4.47 Å². The SMILES string of the molecule is COCCOC(=O)c1cccc(Br)c1. The predicted octanol–water partition coefficient (Wildman–Crippen LogP) is 2.25. The monoisotopic (exact) mass is 258 g/mol. The number of benzene rings is 1. The summed E-state index contributed by atoms with van der Waals surface area (Å²) in [7, 11) is 1.56. The van der Waals surface area contributed by atoms with Crippen LogP contribution in [0.2, 0.25) is 0 Å². The lowest BCUT2D eigenvalue weighted by molar-refractivity contribution is 0.0388. The molecule has 1 rings (SSSR count). The van der Waals surface area contributed by atoms with Gasteiger partial charge in [0.25, 0.3) is 0 Å². The topological polar surface area (TPSA) is 35.5 Å². The molecule has 3 nitrogen and oxygen atoms in total. The second kappa shape index (κ2) is 5.78. The smallest absolute Gasteiger partial charge is 0.338 e. The highest BCUT2D eigenvalue weighted by molar-refractivity contribution is 9.10. The van der Waals surface area contributed by atoms with E-state index in [1.54, 1.807) is 25.3 Å². The van der Waals surface area contributed by atoms with Gasteiger partial charge in [0, 0.05) is 11.6 Å². The molecule has 0 aliphatic rings. The van der Waals surface area contributed by atoms with E-state index in [0.29, 0.717) is 12.2 Å². The van der Waals surface area contributed by atoms with Crippen LogP contribution in [0.1, 0.15) is 10.4 Å². The van der Waals surface area contributed by atoms with Crippen molar-refractivity contribution in [1.29, 1.82) is 0 Å². The molecule has 0 aromatic heterocycles. The Balaban J connectivity index is 2.52. The zero-order chi connectivity index (χ0) is 10.4. The van der Waals surface area contributed by atoms with Gasteiger partial charge in [-0.05, 0) is 18.2 Å². The Hall–Kier alpha value is -0.870. The summed E-state index contributed by atoms with van der Waals surface area (Å²) < 4.78 is 10.6. The van der Waals surface area contributed by atoms with Crippen LogP contribution in [-0.2, 0) is 9.47 Å². The summed E-state index contributed by atoms with van der Waals surface area (Å²) >= 11 is 3.28. The van der Waals surface area contributed by atoms with E-state index in [2.05, 4.69) is 15.9 Å². The van der Waals surface area contributed by atoms with Crippen molar-refractivity contribution in [3.63, 3.8) is 0 Å². The van der Waals surface area contributed by atoms with E-state index in [-0.39, 0.29) is 12.6 Å². The lowest BCUT2D eigenvalue weighted by Crippen LogP contribution is -2.09. The highest BCUT2D eigenvalue weighted by Gasteiger charge is 2.06. The first kappa shape index (κ1) is 11.2. The third kappa shape index (κ3) is 3.47. The average Bonchev–Trinajstić information content (AvgIpc) is 2.18. The lowest BCUT2D eigenvalue weighted by Gasteiger charge is -2.03. The minimum Gasteiger partial charge on any atom is -0.460 e. The molecule has 0 amide bonds. The molecule has 0 spiro atoms. The minimum atomic E-state index is -0.330. The highest BCUT2D eigenvalue weighted by atomic mass is 79.9. The molecule has 0 aliphatic heterocycles. The normalized spacial score (nSPS) is 9.86. The number of ether oxygens (including phenoxy) is 2. The summed E-state index contributed by atoms with van der Waals surface area (Å²) in [5.74, 6) is -0.330. The maximum Gasteiger partial charge on any atom is 0.338 e. The fourth-order valence-corrected chi connectivity index (χ4v) is 1.32. The van der Waals surface area contributed by atoms with Gasteiger partial charge >= 0.3 is 5.97 Å². The first-order valence-corrected chi connectivity index (χ1v) is 4.95. The van der Waals surface area contributed by atoms with Crippen LogP contribution in [0.4, 0.5) is 0 Å². The summed E-state index contributed by atoms with van der Waals surface area (Å²) in [6.07, 6.45) is 0. The Kier molecular flexibility index (Phi) is 4.62. The molecule has 1 aromatic carbocycles. The van der Waals surface area contributed by atoms with Crippen molar-refractivity contribution in [1.82, 2.24) is 0 Å². The molecule has 0 saturated carbocycles. The molecule has 4 heteroatoms. The van der Waals surface area contributed by atoms with E-state index in [9.17, 15) is 4.79 Å². The van der Waals surface area contributed by atoms with Crippen LogP contribution in [0.3, 0.4) is 0 Å². The molecule has 0 radical (unpaired) electrons. The van der Waals surface area contributed by atoms with Crippen LogP contribution in [0, 0.1) is 0 Å². The standard InChI is InChI=1S/C10H11BrO3/c1-13-5-6-14-10(12)8-3-2-4-9(11)7-8/h2-4,7H,5-6H2,1H3. The quantitative estimate of drug-likeness (QED) is 0.614. The summed E-state index contributed by atoms with van der Waals surface area (Å²) in [4.78, 5) is 11.4. The summed E-state index contributed by atoms with van der Waals surface area (Å²) in [6, 6.07) is 7.07. The van der Waals surface area contributed by atoms with Crippen molar-refractivity contribution < 1.29 is 14.3 Å². The fourth-order valence-electron chi connectivity index (χ4n) is 0.916. The largest absolute Gasteiger partial charge is 0.460 e. The molecule has 0 atom stereocenters. The molecule has 0 heterocycles. The first-order chi connectivity index (χ1) is 6.74. The Morgan fingerprint density at radius 2 is 2.21 bits per heavy atom. The number of hydrogen-bond acceptors (Lipinski definition) is 3. The van der Waals surface area contributed by atoms with E-state index in [1.807, 2.05) is 6.07 Å². The highest BCUT2D eigenvalue weighted by Crippen LogP contribution is 2.12. The van der Waals surface area contributed by atoms with E-state index >= 15 is 0 Å². The molecular weight excluding hydrogens is 248 g/mol. The number of esters is 1. The number of halogens is 1. The van der Waals surface area contributed by atoms with Crippen molar-refractivity contribution in [2.24, 2.45) is 0 Å². The number of methoxy groups -OCH3 is 1. The van der Waals surface area contributed by atoms with Gasteiger partial charge in [-0.3, -0.25) is 0 Å². The summed E-state index contributed by atoms with van der Waals surface area (Å²) in [6.45, 7) is 0.696. The van der Waals surface area contributed by atoms with Crippen molar-refractivity contribution in [2.75, 3.05) is 20.3 Å². The Bertz CT molecular complexity index is 312. The zero-order valence-corrected chi connectivity index (χ0v) is 9.41. The number of carbonyl (C=O) groups is 1. The van der Waals surface area contributed by atoms with Crippen LogP contribution in [0.5, 0.6) is 0 Å². The molecule has 14 heavy (non-hydrogen) atoms. The lowest BCUT2D eigenvalue weighted by atomic mass is 10.2. The third-order valence-corrected chi connectivity index (χ3v) is 2.07. The second-order valence-corrected chi connectivity index (χ2v) is 3.55. The van der Waals surface area contributed by atoms with Gasteiger partial charge in [-0.15, -0.1) is 0 Å². The Labute approximate surface area is 91.1 Å². The van der Waals surface area contributed by atoms with E-state index in [4.69, 9.17) is 9.47 Å². The van der Waals surface area contributed by atoms with Gasteiger partial charge in [0.05, 0.1) is 12.2 Å². The van der Waals surface area contributed by atoms with Crippen LogP contribution >= 0.6 is 15.9 Å². The first-order valence-electron chi connectivity index (χ1n) is 4.15. The molecule has 0 aliphatic carbocycles. The molecule has 76 valence electrons. The van der Waals surface area contributed by atoms with Gasteiger partial charge in [-0.1, -0.05) is 22.0 Å². The maximum absolute atomic E-state index is 11.4. The van der Waals surface area contributed by atoms with Crippen molar-refractivity contribution in [2.45, 2.75) is 0 Å². The summed E-state index contributed by atoms with van der Waals surface area (Å²) in [5.41, 5.74) is 0.537. The fraction of sp³-hybridized carbons (Fsp3) is 0.300. The van der Waals surface area contributed by atoms with Gasteiger partial charge in [0.15, 0.2) is 0 Å². The van der Waals surface area contributed by atoms with Crippen molar-refractivity contribution in [3.8, 4) is 0 Å². The number of carbonyl (C=O) groups excluding carboxylic acids is 1. The van der Waals surface area contributed by atoms with Crippen LogP contribution < -0.4 is 0 Å². The molecular formula is C10H11BrO3. The van der Waals surface area contributed by atoms with Crippen molar-refractivity contribution in [3.05, 3.63) is 34.3 Å². The van der Waals surface area contributed by atoms with Crippen LogP contribution in [0.15, 0.2) is 28.7 Å². The predicted molar refractivity (Wildman–Crippen MR) is 56.3 cm³/mol. The average molecular weight is 259 g/mol. The van der Waals surface area contributed by atoms with Crippen LogP contribution in [0.25, 0.3) is 0 Å². The third-order valence-electron chi connectivity index (χ3n) is 1.58. The number of hydrogen-bond donors (Lipinski definition) is 0. The Morgan fingerprint density at radius 1 is 1.43 bits per heavy atom.